The number of nitrogens with zero attached hydrogens (tertiary/aromatic N) is 2. The molecule has 0 bridgehead atoms. The molecule has 0 aliphatic carbocycles. The second kappa shape index (κ2) is 9.38. The van der Waals surface area contributed by atoms with E-state index >= 15 is 0 Å². The molecule has 1 aliphatic heterocycles. The molecule has 0 spiro atoms. The molecule has 164 valence electrons. The Morgan fingerprint density at radius 2 is 1.63 bits per heavy atom. The van der Waals surface area contributed by atoms with Crippen molar-refractivity contribution in [3.63, 3.8) is 0 Å². The fraction of sp³-hybridized carbons (Fsp3) is 0.400. The molecule has 2 aromatic rings. The first-order valence-electron chi connectivity index (χ1n) is 9.27. The number of rotatable bonds is 7. The van der Waals surface area contributed by atoms with Gasteiger partial charge in [-0.3, -0.25) is 4.90 Å². The van der Waals surface area contributed by atoms with E-state index in [9.17, 15) is 12.8 Å². The maximum Gasteiger partial charge on any atom is 0.243 e. The smallest absolute Gasteiger partial charge is 0.243 e. The number of methoxy groups -OCH3 is 3. The predicted octanol–water partition coefficient (Wildman–Crippen LogP) is 3.01. The van der Waals surface area contributed by atoms with Crippen LogP contribution in [0.15, 0.2) is 35.2 Å². The topological polar surface area (TPSA) is 68.3 Å². The van der Waals surface area contributed by atoms with Crippen LogP contribution < -0.4 is 14.2 Å². The lowest BCUT2D eigenvalue weighted by atomic mass is 10.1. The van der Waals surface area contributed by atoms with Crippen molar-refractivity contribution >= 4 is 21.6 Å². The van der Waals surface area contributed by atoms with Crippen molar-refractivity contribution in [3.8, 4) is 17.2 Å². The van der Waals surface area contributed by atoms with Gasteiger partial charge in [0.05, 0.1) is 31.2 Å². The summed E-state index contributed by atoms with van der Waals surface area (Å²) in [6.07, 6.45) is 0. The molecule has 0 radical (unpaired) electrons. The standard InChI is InChI=1S/C20H24ClFN2O5S/c1-27-18-7-4-14(19(28-2)20(18)29-3)13-23-8-10-24(11-9-23)30(25,26)15-5-6-17(22)16(21)12-15/h4-7,12H,8-11,13H2,1-3H3. The number of piperazine rings is 1. The zero-order valence-electron chi connectivity index (χ0n) is 17.0. The van der Waals surface area contributed by atoms with Crippen molar-refractivity contribution < 1.29 is 27.0 Å². The highest BCUT2D eigenvalue weighted by atomic mass is 35.5. The Morgan fingerprint density at radius 1 is 0.967 bits per heavy atom. The first-order chi connectivity index (χ1) is 14.3. The number of sulfonamides is 1. The fourth-order valence-corrected chi connectivity index (χ4v) is 5.14. The van der Waals surface area contributed by atoms with Crippen LogP contribution in [0, 0.1) is 5.82 Å². The van der Waals surface area contributed by atoms with Gasteiger partial charge in [0.25, 0.3) is 0 Å². The molecule has 1 aliphatic rings. The molecule has 0 N–H and O–H groups in total. The van der Waals surface area contributed by atoms with Gasteiger partial charge in [0.15, 0.2) is 11.5 Å². The zero-order valence-corrected chi connectivity index (χ0v) is 18.6. The van der Waals surface area contributed by atoms with Gasteiger partial charge in [-0.05, 0) is 24.3 Å². The Bertz CT molecular complexity index is 1010. The minimum atomic E-state index is -3.74. The summed E-state index contributed by atoms with van der Waals surface area (Å²) in [5.41, 5.74) is 0.914. The van der Waals surface area contributed by atoms with E-state index in [0.717, 1.165) is 17.7 Å². The lowest BCUT2D eigenvalue weighted by molar-refractivity contribution is 0.179. The molecule has 1 saturated heterocycles. The normalized spacial score (nSPS) is 15.8. The summed E-state index contributed by atoms with van der Waals surface area (Å²) in [4.78, 5) is 2.12. The van der Waals surface area contributed by atoms with E-state index in [2.05, 4.69) is 4.90 Å². The Balaban J connectivity index is 1.71. The molecule has 10 heteroatoms. The highest BCUT2D eigenvalue weighted by molar-refractivity contribution is 7.89. The molecule has 0 saturated carbocycles. The van der Waals surface area contributed by atoms with Gasteiger partial charge in [-0.1, -0.05) is 17.7 Å². The van der Waals surface area contributed by atoms with E-state index in [1.807, 2.05) is 12.1 Å². The van der Waals surface area contributed by atoms with Crippen molar-refractivity contribution in [3.05, 3.63) is 46.7 Å². The summed E-state index contributed by atoms with van der Waals surface area (Å²) in [6.45, 7) is 2.26. The molecule has 0 amide bonds. The molecule has 7 nitrogen and oxygen atoms in total. The minimum Gasteiger partial charge on any atom is -0.493 e. The summed E-state index contributed by atoms with van der Waals surface area (Å²) in [7, 11) is 0.944. The van der Waals surface area contributed by atoms with Crippen LogP contribution in [0.4, 0.5) is 4.39 Å². The van der Waals surface area contributed by atoms with Crippen LogP contribution in [0.3, 0.4) is 0 Å². The number of halogens is 2. The van der Waals surface area contributed by atoms with Crippen LogP contribution >= 0.6 is 11.6 Å². The molecule has 0 aromatic heterocycles. The Morgan fingerprint density at radius 3 is 2.20 bits per heavy atom. The SMILES string of the molecule is COc1ccc(CN2CCN(S(=O)(=O)c3ccc(F)c(Cl)c3)CC2)c(OC)c1OC. The summed E-state index contributed by atoms with van der Waals surface area (Å²) in [5, 5.41) is -0.213. The zero-order chi connectivity index (χ0) is 21.9. The number of hydrogen-bond acceptors (Lipinski definition) is 6. The average Bonchev–Trinajstić information content (AvgIpc) is 2.75. The number of benzene rings is 2. The second-order valence-electron chi connectivity index (χ2n) is 6.75. The van der Waals surface area contributed by atoms with Gasteiger partial charge in [0.2, 0.25) is 15.8 Å². The van der Waals surface area contributed by atoms with Crippen LogP contribution in [0.2, 0.25) is 5.02 Å². The third kappa shape index (κ3) is 4.49. The van der Waals surface area contributed by atoms with Gasteiger partial charge in [-0.25, -0.2) is 12.8 Å². The molecule has 3 rings (SSSR count). The van der Waals surface area contributed by atoms with Crippen LogP contribution in [-0.4, -0.2) is 65.1 Å². The van der Waals surface area contributed by atoms with E-state index in [-0.39, 0.29) is 9.92 Å². The van der Waals surface area contributed by atoms with Crippen LogP contribution in [-0.2, 0) is 16.6 Å². The molecule has 1 heterocycles. The molecule has 2 aromatic carbocycles. The molecule has 0 unspecified atom stereocenters. The predicted molar refractivity (Wildman–Crippen MR) is 112 cm³/mol. The first-order valence-corrected chi connectivity index (χ1v) is 11.1. The molecule has 0 atom stereocenters. The summed E-state index contributed by atoms with van der Waals surface area (Å²) < 4.78 is 56.7. The van der Waals surface area contributed by atoms with E-state index in [1.165, 1.54) is 10.4 Å². The van der Waals surface area contributed by atoms with Crippen molar-refractivity contribution in [2.24, 2.45) is 0 Å². The summed E-state index contributed by atoms with van der Waals surface area (Å²) in [5.74, 6) is 1.04. The van der Waals surface area contributed by atoms with Crippen molar-refractivity contribution in [2.45, 2.75) is 11.4 Å². The maximum atomic E-state index is 13.4. The number of ether oxygens (including phenoxy) is 3. The second-order valence-corrected chi connectivity index (χ2v) is 9.09. The van der Waals surface area contributed by atoms with E-state index in [4.69, 9.17) is 25.8 Å². The Labute approximate surface area is 180 Å². The Kier molecular flexibility index (Phi) is 7.07. The van der Waals surface area contributed by atoms with Gasteiger partial charge >= 0.3 is 0 Å². The van der Waals surface area contributed by atoms with Crippen LogP contribution in [0.5, 0.6) is 17.2 Å². The first kappa shape index (κ1) is 22.6. The van der Waals surface area contributed by atoms with E-state index < -0.39 is 15.8 Å². The lowest BCUT2D eigenvalue weighted by Crippen LogP contribution is -2.48. The van der Waals surface area contributed by atoms with Gasteiger partial charge in [-0.2, -0.15) is 4.31 Å². The van der Waals surface area contributed by atoms with E-state index in [1.54, 1.807) is 21.3 Å². The fourth-order valence-electron chi connectivity index (χ4n) is 3.44. The quantitative estimate of drug-likeness (QED) is 0.635. The third-order valence-corrected chi connectivity index (χ3v) is 7.22. The monoisotopic (exact) mass is 458 g/mol. The number of hydrogen-bond donors (Lipinski definition) is 0. The highest BCUT2D eigenvalue weighted by Crippen LogP contribution is 2.40. The van der Waals surface area contributed by atoms with Crippen molar-refractivity contribution in [1.82, 2.24) is 9.21 Å². The molecular weight excluding hydrogens is 435 g/mol. The lowest BCUT2D eigenvalue weighted by Gasteiger charge is -2.34. The van der Waals surface area contributed by atoms with Gasteiger partial charge in [-0.15, -0.1) is 0 Å². The van der Waals surface area contributed by atoms with Crippen molar-refractivity contribution in [1.29, 1.82) is 0 Å². The van der Waals surface area contributed by atoms with Crippen LogP contribution in [0.1, 0.15) is 5.56 Å². The largest absolute Gasteiger partial charge is 0.493 e. The molecular formula is C20H24ClFN2O5S. The summed E-state index contributed by atoms with van der Waals surface area (Å²) >= 11 is 5.75. The molecule has 1 fully saturated rings. The maximum absolute atomic E-state index is 13.4. The molecule has 30 heavy (non-hydrogen) atoms. The van der Waals surface area contributed by atoms with Crippen LogP contribution in [0.25, 0.3) is 0 Å². The summed E-state index contributed by atoms with van der Waals surface area (Å²) in [6, 6.07) is 7.17. The third-order valence-electron chi connectivity index (χ3n) is 5.04. The van der Waals surface area contributed by atoms with E-state index in [0.29, 0.717) is 50.0 Å². The Hall–Kier alpha value is -2.07. The van der Waals surface area contributed by atoms with Crippen molar-refractivity contribution in [2.75, 3.05) is 47.5 Å². The average molecular weight is 459 g/mol. The van der Waals surface area contributed by atoms with Gasteiger partial charge in [0, 0.05) is 38.3 Å². The highest BCUT2D eigenvalue weighted by Gasteiger charge is 2.29. The van der Waals surface area contributed by atoms with Gasteiger partial charge in [0.1, 0.15) is 5.82 Å². The minimum absolute atomic E-state index is 0.0103. The van der Waals surface area contributed by atoms with Gasteiger partial charge < -0.3 is 14.2 Å².